The summed E-state index contributed by atoms with van der Waals surface area (Å²) in [5.41, 5.74) is 2.01. The van der Waals surface area contributed by atoms with E-state index in [1.165, 1.54) is 12.1 Å². The molecule has 2 aromatic carbocycles. The smallest absolute Gasteiger partial charge is 0.163 e. The van der Waals surface area contributed by atoms with Gasteiger partial charge in [0.15, 0.2) is 6.10 Å². The van der Waals surface area contributed by atoms with E-state index in [0.29, 0.717) is 34.0 Å². The molecule has 0 bridgehead atoms. The van der Waals surface area contributed by atoms with E-state index < -0.39 is 12.2 Å². The summed E-state index contributed by atoms with van der Waals surface area (Å²) in [5, 5.41) is 11.5. The molecular weight excluding hydrogens is 399 g/mol. The molecule has 0 saturated carbocycles. The first-order valence-corrected chi connectivity index (χ1v) is 9.85. The molecule has 2 atom stereocenters. The van der Waals surface area contributed by atoms with Crippen molar-refractivity contribution in [2.24, 2.45) is 0 Å². The Morgan fingerprint density at radius 1 is 1.06 bits per heavy atom. The third-order valence-corrected chi connectivity index (χ3v) is 5.07. The van der Waals surface area contributed by atoms with Crippen molar-refractivity contribution in [3.8, 4) is 17.2 Å². The number of pyridine rings is 2. The van der Waals surface area contributed by atoms with Crippen LogP contribution in [-0.2, 0) is 6.61 Å². The van der Waals surface area contributed by atoms with Crippen LogP contribution >= 0.6 is 0 Å². The number of fused-ring (bicyclic) bond motifs is 2. The number of aromatic nitrogens is 2. The van der Waals surface area contributed by atoms with Gasteiger partial charge in [0.2, 0.25) is 0 Å². The van der Waals surface area contributed by atoms with Crippen molar-refractivity contribution in [2.45, 2.75) is 18.8 Å². The molecule has 31 heavy (non-hydrogen) atoms. The first-order chi connectivity index (χ1) is 15.2. The van der Waals surface area contributed by atoms with Crippen LogP contribution in [0.3, 0.4) is 0 Å². The molecule has 0 spiro atoms. The molecule has 0 aliphatic carbocycles. The minimum atomic E-state index is -0.874. The Hall–Kier alpha value is -3.71. The second kappa shape index (κ2) is 8.20. The van der Waals surface area contributed by atoms with Crippen molar-refractivity contribution >= 4 is 10.9 Å². The fourth-order valence-corrected chi connectivity index (χ4v) is 3.51. The average molecular weight is 418 g/mol. The van der Waals surface area contributed by atoms with Crippen LogP contribution in [0.2, 0.25) is 0 Å². The molecule has 0 radical (unpaired) electrons. The zero-order chi connectivity index (χ0) is 21.2. The van der Waals surface area contributed by atoms with Crippen molar-refractivity contribution in [1.29, 1.82) is 0 Å². The van der Waals surface area contributed by atoms with Gasteiger partial charge in [0.1, 0.15) is 42.4 Å². The topological polar surface area (TPSA) is 73.7 Å². The van der Waals surface area contributed by atoms with Crippen molar-refractivity contribution in [1.82, 2.24) is 9.97 Å². The number of halogens is 1. The molecule has 3 heterocycles. The lowest BCUT2D eigenvalue weighted by Gasteiger charge is -2.30. The Balaban J connectivity index is 1.30. The molecule has 0 amide bonds. The van der Waals surface area contributed by atoms with Crippen LogP contribution in [0.15, 0.2) is 73.1 Å². The molecule has 4 aromatic rings. The van der Waals surface area contributed by atoms with Gasteiger partial charge in [-0.2, -0.15) is 0 Å². The first kappa shape index (κ1) is 19.3. The van der Waals surface area contributed by atoms with Crippen LogP contribution < -0.4 is 14.2 Å². The van der Waals surface area contributed by atoms with Crippen LogP contribution in [0.25, 0.3) is 10.9 Å². The molecule has 2 aromatic heterocycles. The number of ether oxygens (including phenoxy) is 3. The SMILES string of the molecule is OC1c2cc(OCc3ccc4cc(F)ccc4n3)ccc2OCC1Oc1cccnc1. The van der Waals surface area contributed by atoms with Crippen molar-refractivity contribution < 1.29 is 23.7 Å². The zero-order valence-corrected chi connectivity index (χ0v) is 16.4. The highest BCUT2D eigenvalue weighted by molar-refractivity contribution is 5.78. The highest BCUT2D eigenvalue weighted by atomic mass is 19.1. The van der Waals surface area contributed by atoms with Gasteiger partial charge in [0.05, 0.1) is 17.4 Å². The molecule has 1 aliphatic rings. The second-order valence-corrected chi connectivity index (χ2v) is 7.23. The van der Waals surface area contributed by atoms with Crippen LogP contribution in [0.1, 0.15) is 17.4 Å². The molecule has 1 N–H and O–H groups in total. The molecule has 0 saturated heterocycles. The lowest BCUT2D eigenvalue weighted by atomic mass is 10.0. The number of aliphatic hydroxyl groups excluding tert-OH is 1. The van der Waals surface area contributed by atoms with Gasteiger partial charge in [0.25, 0.3) is 0 Å². The van der Waals surface area contributed by atoms with Gasteiger partial charge >= 0.3 is 0 Å². The van der Waals surface area contributed by atoms with E-state index in [9.17, 15) is 9.50 Å². The fourth-order valence-electron chi connectivity index (χ4n) is 3.51. The number of rotatable bonds is 5. The third kappa shape index (κ3) is 4.13. The second-order valence-electron chi connectivity index (χ2n) is 7.23. The quantitative estimate of drug-likeness (QED) is 0.523. The Kier molecular flexibility index (Phi) is 5.09. The van der Waals surface area contributed by atoms with Crippen LogP contribution in [0.5, 0.6) is 17.2 Å². The lowest BCUT2D eigenvalue weighted by molar-refractivity contribution is -0.0106. The van der Waals surface area contributed by atoms with E-state index in [1.807, 2.05) is 6.07 Å². The predicted octanol–water partition coefficient (Wildman–Crippen LogP) is 4.22. The van der Waals surface area contributed by atoms with E-state index in [4.69, 9.17) is 14.2 Å². The summed E-state index contributed by atoms with van der Waals surface area (Å²) in [6.45, 7) is 0.462. The first-order valence-electron chi connectivity index (χ1n) is 9.85. The minimum Gasteiger partial charge on any atom is -0.489 e. The van der Waals surface area contributed by atoms with E-state index in [0.717, 1.165) is 5.39 Å². The van der Waals surface area contributed by atoms with Gasteiger partial charge in [-0.05, 0) is 54.6 Å². The third-order valence-electron chi connectivity index (χ3n) is 5.07. The van der Waals surface area contributed by atoms with Crippen LogP contribution in [-0.4, -0.2) is 27.8 Å². The van der Waals surface area contributed by atoms with Crippen LogP contribution in [0.4, 0.5) is 4.39 Å². The predicted molar refractivity (Wildman–Crippen MR) is 112 cm³/mol. The summed E-state index contributed by atoms with van der Waals surface area (Å²) < 4.78 is 30.8. The highest BCUT2D eigenvalue weighted by Crippen LogP contribution is 2.36. The maximum atomic E-state index is 13.3. The normalized spacial score (nSPS) is 17.6. The van der Waals surface area contributed by atoms with Gasteiger partial charge in [-0.1, -0.05) is 6.07 Å². The maximum absolute atomic E-state index is 13.3. The van der Waals surface area contributed by atoms with E-state index >= 15 is 0 Å². The maximum Gasteiger partial charge on any atom is 0.163 e. The summed E-state index contributed by atoms with van der Waals surface area (Å²) in [5.74, 6) is 1.44. The van der Waals surface area contributed by atoms with Gasteiger partial charge < -0.3 is 19.3 Å². The van der Waals surface area contributed by atoms with Gasteiger partial charge in [-0.15, -0.1) is 0 Å². The molecule has 1 aliphatic heterocycles. The van der Waals surface area contributed by atoms with E-state index in [2.05, 4.69) is 9.97 Å². The summed E-state index contributed by atoms with van der Waals surface area (Å²) in [6, 6.07) is 16.9. The molecule has 7 heteroatoms. The number of aliphatic hydroxyl groups is 1. The Morgan fingerprint density at radius 3 is 2.87 bits per heavy atom. The standard InChI is InChI=1S/C24H19FN2O4/c25-16-4-7-21-15(10-16)3-5-17(27-21)13-29-18-6-8-22-20(11-18)24(28)23(14-30-22)31-19-2-1-9-26-12-19/h1-12,23-24,28H,13-14H2. The highest BCUT2D eigenvalue weighted by Gasteiger charge is 2.31. The zero-order valence-electron chi connectivity index (χ0n) is 16.4. The number of nitrogens with zero attached hydrogens (tertiary/aromatic N) is 2. The largest absolute Gasteiger partial charge is 0.489 e. The molecular formula is C24H19FN2O4. The monoisotopic (exact) mass is 418 g/mol. The number of hydrogen-bond donors (Lipinski definition) is 1. The van der Waals surface area contributed by atoms with Crippen molar-refractivity contribution in [3.63, 3.8) is 0 Å². The number of hydrogen-bond acceptors (Lipinski definition) is 6. The Bertz CT molecular complexity index is 1220. The lowest BCUT2D eigenvalue weighted by Crippen LogP contribution is -2.35. The van der Waals surface area contributed by atoms with E-state index in [1.54, 1.807) is 54.9 Å². The van der Waals surface area contributed by atoms with Crippen molar-refractivity contribution in [3.05, 3.63) is 90.1 Å². The Labute approximate surface area is 177 Å². The summed E-state index contributed by atoms with van der Waals surface area (Å²) in [4.78, 5) is 8.52. The Morgan fingerprint density at radius 2 is 2.00 bits per heavy atom. The van der Waals surface area contributed by atoms with Crippen LogP contribution in [0, 0.1) is 5.82 Å². The van der Waals surface area contributed by atoms with Crippen molar-refractivity contribution in [2.75, 3.05) is 6.61 Å². The molecule has 156 valence electrons. The van der Waals surface area contributed by atoms with Gasteiger partial charge in [0, 0.05) is 17.1 Å². The summed E-state index contributed by atoms with van der Waals surface area (Å²) in [6.07, 6.45) is 1.81. The fraction of sp³-hybridized carbons (Fsp3) is 0.167. The minimum absolute atomic E-state index is 0.227. The van der Waals surface area contributed by atoms with Gasteiger partial charge in [-0.3, -0.25) is 4.98 Å². The summed E-state index contributed by atoms with van der Waals surface area (Å²) >= 11 is 0. The van der Waals surface area contributed by atoms with Gasteiger partial charge in [-0.25, -0.2) is 9.37 Å². The average Bonchev–Trinajstić information content (AvgIpc) is 2.80. The molecule has 0 fully saturated rings. The molecule has 6 nitrogen and oxygen atoms in total. The molecule has 5 rings (SSSR count). The van der Waals surface area contributed by atoms with E-state index in [-0.39, 0.29) is 19.0 Å². The molecule has 2 unspecified atom stereocenters. The summed E-state index contributed by atoms with van der Waals surface area (Å²) in [7, 11) is 0. The number of benzene rings is 2.